The molecule has 1 aromatic carbocycles. The molecule has 0 saturated carbocycles. The molecular formula is C24H26ClN3O7S. The van der Waals surface area contributed by atoms with Gasteiger partial charge in [-0.05, 0) is 30.2 Å². The lowest BCUT2D eigenvalue weighted by Crippen LogP contribution is -2.40. The van der Waals surface area contributed by atoms with E-state index in [9.17, 15) is 19.2 Å². The molecule has 10 nitrogen and oxygen atoms in total. The van der Waals surface area contributed by atoms with Crippen LogP contribution in [0.1, 0.15) is 35.5 Å². The Hall–Kier alpha value is -3.18. The summed E-state index contributed by atoms with van der Waals surface area (Å²) >= 11 is 7.62. The predicted molar refractivity (Wildman–Crippen MR) is 131 cm³/mol. The second-order valence-electron chi connectivity index (χ2n) is 8.84. The van der Waals surface area contributed by atoms with Crippen molar-refractivity contribution < 1.29 is 33.4 Å². The third kappa shape index (κ3) is 5.31. The topological polar surface area (TPSA) is 115 Å². The van der Waals surface area contributed by atoms with Gasteiger partial charge in [-0.1, -0.05) is 11.6 Å². The maximum atomic E-state index is 13.5. The van der Waals surface area contributed by atoms with Crippen molar-refractivity contribution in [3.8, 4) is 0 Å². The van der Waals surface area contributed by atoms with Crippen molar-refractivity contribution in [3.05, 3.63) is 44.9 Å². The zero-order chi connectivity index (χ0) is 25.9. The number of ether oxygens (including phenoxy) is 3. The van der Waals surface area contributed by atoms with Crippen LogP contribution >= 0.6 is 22.9 Å². The molecule has 2 aliphatic rings. The molecule has 36 heavy (non-hydrogen) atoms. The SMILES string of the molecule is COC(=O)N1CCC2(C1)CN(C(=O)Cc1nc(C(COC=O)COC(C)=O)cs1)c1ccc(Cl)cc12. The van der Waals surface area contributed by atoms with E-state index in [-0.39, 0.29) is 25.5 Å². The zero-order valence-electron chi connectivity index (χ0n) is 19.9. The van der Waals surface area contributed by atoms with E-state index in [2.05, 4.69) is 4.98 Å². The van der Waals surface area contributed by atoms with Crippen LogP contribution in [0.25, 0.3) is 0 Å². The van der Waals surface area contributed by atoms with E-state index in [1.165, 1.54) is 25.4 Å². The van der Waals surface area contributed by atoms with Crippen LogP contribution in [0.3, 0.4) is 0 Å². The molecule has 0 radical (unpaired) electrons. The first-order valence-electron chi connectivity index (χ1n) is 11.3. The molecule has 3 heterocycles. The van der Waals surface area contributed by atoms with Gasteiger partial charge in [0.1, 0.15) is 18.2 Å². The van der Waals surface area contributed by atoms with Crippen LogP contribution in [-0.4, -0.2) is 74.3 Å². The van der Waals surface area contributed by atoms with Gasteiger partial charge in [-0.3, -0.25) is 14.4 Å². The van der Waals surface area contributed by atoms with E-state index in [1.54, 1.807) is 21.2 Å². The highest BCUT2D eigenvalue weighted by atomic mass is 35.5. The Bertz CT molecular complexity index is 1170. The van der Waals surface area contributed by atoms with Gasteiger partial charge in [0.25, 0.3) is 6.47 Å². The Morgan fingerprint density at radius 2 is 2.08 bits per heavy atom. The average molecular weight is 536 g/mol. The van der Waals surface area contributed by atoms with Gasteiger partial charge in [0.2, 0.25) is 5.91 Å². The van der Waals surface area contributed by atoms with Gasteiger partial charge in [0, 0.05) is 48.1 Å². The maximum Gasteiger partial charge on any atom is 0.409 e. The molecule has 1 aromatic heterocycles. The van der Waals surface area contributed by atoms with Crippen LogP contribution in [0.15, 0.2) is 23.6 Å². The number of anilines is 1. The fraction of sp³-hybridized carbons (Fsp3) is 0.458. The number of benzene rings is 1. The molecule has 2 aromatic rings. The molecule has 12 heteroatoms. The summed E-state index contributed by atoms with van der Waals surface area (Å²) in [6.45, 7) is 3.04. The summed E-state index contributed by atoms with van der Waals surface area (Å²) < 4.78 is 14.8. The van der Waals surface area contributed by atoms with Gasteiger partial charge in [0.15, 0.2) is 0 Å². The molecule has 4 rings (SSSR count). The summed E-state index contributed by atoms with van der Waals surface area (Å²) in [6, 6.07) is 5.46. The molecule has 1 spiro atoms. The number of esters is 1. The van der Waals surface area contributed by atoms with Gasteiger partial charge in [-0.15, -0.1) is 11.3 Å². The second-order valence-corrected chi connectivity index (χ2v) is 10.2. The number of carbonyl (C=O) groups excluding carboxylic acids is 4. The van der Waals surface area contributed by atoms with E-state index in [4.69, 9.17) is 25.8 Å². The van der Waals surface area contributed by atoms with Gasteiger partial charge in [-0.2, -0.15) is 0 Å². The summed E-state index contributed by atoms with van der Waals surface area (Å²) in [5, 5.41) is 2.93. The smallest absolute Gasteiger partial charge is 0.409 e. The summed E-state index contributed by atoms with van der Waals surface area (Å²) in [4.78, 5) is 55.4. The Morgan fingerprint density at radius 3 is 2.81 bits per heavy atom. The maximum absolute atomic E-state index is 13.5. The van der Waals surface area contributed by atoms with E-state index in [0.29, 0.717) is 48.3 Å². The summed E-state index contributed by atoms with van der Waals surface area (Å²) in [5.41, 5.74) is 1.89. The van der Waals surface area contributed by atoms with Crippen LogP contribution < -0.4 is 4.90 Å². The lowest BCUT2D eigenvalue weighted by Gasteiger charge is -2.25. The van der Waals surface area contributed by atoms with E-state index < -0.39 is 23.4 Å². The quantitative estimate of drug-likeness (QED) is 0.288. The molecule has 1 saturated heterocycles. The Labute approximate surface area is 217 Å². The third-order valence-corrected chi connectivity index (χ3v) is 7.61. The average Bonchev–Trinajstić information content (AvgIpc) is 3.57. The number of carbonyl (C=O) groups is 4. The second kappa shape index (κ2) is 10.8. The Morgan fingerprint density at radius 1 is 1.28 bits per heavy atom. The number of likely N-dealkylation sites (tertiary alicyclic amines) is 1. The van der Waals surface area contributed by atoms with Crippen LogP contribution in [0.4, 0.5) is 10.5 Å². The molecule has 0 N–H and O–H groups in total. The van der Waals surface area contributed by atoms with Crippen molar-refractivity contribution in [2.45, 2.75) is 31.1 Å². The van der Waals surface area contributed by atoms with Gasteiger partial charge < -0.3 is 24.0 Å². The highest BCUT2D eigenvalue weighted by Gasteiger charge is 2.50. The Kier molecular flexibility index (Phi) is 7.79. The number of halogens is 1. The van der Waals surface area contributed by atoms with E-state index in [1.807, 2.05) is 12.1 Å². The molecule has 2 amide bonds. The predicted octanol–water partition coefficient (Wildman–Crippen LogP) is 2.92. The van der Waals surface area contributed by atoms with E-state index >= 15 is 0 Å². The molecule has 192 valence electrons. The van der Waals surface area contributed by atoms with Gasteiger partial charge in [-0.25, -0.2) is 9.78 Å². The molecule has 2 atom stereocenters. The zero-order valence-corrected chi connectivity index (χ0v) is 21.5. The highest BCUT2D eigenvalue weighted by Crippen LogP contribution is 2.47. The van der Waals surface area contributed by atoms with Crippen LogP contribution in [0.5, 0.6) is 0 Å². The Balaban J connectivity index is 1.51. The first-order chi connectivity index (χ1) is 17.3. The van der Waals surface area contributed by atoms with Crippen molar-refractivity contribution in [3.63, 3.8) is 0 Å². The highest BCUT2D eigenvalue weighted by molar-refractivity contribution is 7.09. The number of fused-ring (bicyclic) bond motifs is 2. The fourth-order valence-corrected chi connectivity index (χ4v) is 5.82. The number of amides is 2. The third-order valence-electron chi connectivity index (χ3n) is 6.51. The minimum absolute atomic E-state index is 0.00732. The van der Waals surface area contributed by atoms with Crippen molar-refractivity contribution in [1.29, 1.82) is 0 Å². The van der Waals surface area contributed by atoms with Crippen molar-refractivity contribution in [2.24, 2.45) is 0 Å². The lowest BCUT2D eigenvalue weighted by molar-refractivity contribution is -0.142. The number of methoxy groups -OCH3 is 1. The summed E-state index contributed by atoms with van der Waals surface area (Å²) in [6.07, 6.45) is 0.366. The monoisotopic (exact) mass is 535 g/mol. The molecule has 0 aliphatic carbocycles. The van der Waals surface area contributed by atoms with Crippen molar-refractivity contribution in [1.82, 2.24) is 9.88 Å². The van der Waals surface area contributed by atoms with Crippen LogP contribution in [-0.2, 0) is 40.4 Å². The largest absolute Gasteiger partial charge is 0.467 e. The van der Waals surface area contributed by atoms with Gasteiger partial charge >= 0.3 is 12.1 Å². The summed E-state index contributed by atoms with van der Waals surface area (Å²) in [5.74, 6) is -1.01. The normalized spacial score (nSPS) is 19.2. The van der Waals surface area contributed by atoms with Gasteiger partial charge in [0.05, 0.1) is 25.1 Å². The number of hydrogen-bond donors (Lipinski definition) is 0. The lowest BCUT2D eigenvalue weighted by atomic mass is 9.81. The summed E-state index contributed by atoms with van der Waals surface area (Å²) in [7, 11) is 1.35. The standard InChI is InChI=1S/C24H26ClN3O7S/c1-15(30)35-10-16(9-34-14-29)19-11-36-21(26-19)8-22(31)28-13-24(5-6-27(12-24)23(32)33-2)18-7-17(25)3-4-20(18)28/h3-4,7,11,14,16H,5-6,8-10,12-13H2,1-2H3. The van der Waals surface area contributed by atoms with Crippen LogP contribution in [0.2, 0.25) is 5.02 Å². The number of thiazole rings is 1. The van der Waals surface area contributed by atoms with Crippen molar-refractivity contribution >= 4 is 53.1 Å². The van der Waals surface area contributed by atoms with Crippen molar-refractivity contribution in [2.75, 3.05) is 44.9 Å². The minimum atomic E-state index is -0.448. The molecule has 2 aliphatic heterocycles. The number of aromatic nitrogens is 1. The number of rotatable bonds is 8. The molecule has 0 bridgehead atoms. The number of hydrogen-bond acceptors (Lipinski definition) is 9. The molecular weight excluding hydrogens is 510 g/mol. The van der Waals surface area contributed by atoms with E-state index in [0.717, 1.165) is 11.3 Å². The minimum Gasteiger partial charge on any atom is -0.467 e. The first kappa shape index (κ1) is 25.9. The molecule has 2 unspecified atom stereocenters. The number of nitrogens with zero attached hydrogens (tertiary/aromatic N) is 3. The molecule has 1 fully saturated rings. The van der Waals surface area contributed by atoms with Crippen LogP contribution in [0, 0.1) is 0 Å². The first-order valence-corrected chi connectivity index (χ1v) is 12.6. The fourth-order valence-electron chi connectivity index (χ4n) is 4.78.